The van der Waals surface area contributed by atoms with Crippen molar-refractivity contribution in [3.05, 3.63) is 29.3 Å². The number of hydrogen-bond donors (Lipinski definition) is 1. The van der Waals surface area contributed by atoms with Crippen LogP contribution in [0.1, 0.15) is 50.8 Å². The summed E-state index contributed by atoms with van der Waals surface area (Å²) in [5.41, 5.74) is 8.26. The number of nitrogens with two attached hydrogens (primary N) is 1. The maximum Gasteiger partial charge on any atom is 0.124 e. The largest absolute Gasteiger partial charge is 0.493 e. The fourth-order valence-electron chi connectivity index (χ4n) is 1.95. The van der Waals surface area contributed by atoms with Crippen molar-refractivity contribution in [3.63, 3.8) is 0 Å². The quantitative estimate of drug-likeness (QED) is 0.813. The fourth-order valence-corrected chi connectivity index (χ4v) is 1.95. The van der Waals surface area contributed by atoms with E-state index in [0.717, 1.165) is 17.9 Å². The predicted molar refractivity (Wildman–Crippen MR) is 73.3 cm³/mol. The van der Waals surface area contributed by atoms with Gasteiger partial charge >= 0.3 is 0 Å². The van der Waals surface area contributed by atoms with Crippen molar-refractivity contribution in [1.29, 1.82) is 0 Å². The first-order valence-electron chi connectivity index (χ1n) is 6.53. The second kappa shape index (κ2) is 6.65. The average Bonchev–Trinajstić information content (AvgIpc) is 2.26. The van der Waals surface area contributed by atoms with Crippen LogP contribution in [-0.2, 0) is 0 Å². The first-order valence-corrected chi connectivity index (χ1v) is 6.53. The molecule has 0 saturated carbocycles. The molecule has 0 radical (unpaired) electrons. The van der Waals surface area contributed by atoms with E-state index in [1.54, 1.807) is 0 Å². The molecule has 0 heterocycles. The molecule has 0 fully saturated rings. The van der Waals surface area contributed by atoms with Crippen molar-refractivity contribution in [3.8, 4) is 5.75 Å². The van der Waals surface area contributed by atoms with Gasteiger partial charge in [0.25, 0.3) is 0 Å². The lowest BCUT2D eigenvalue weighted by Gasteiger charge is -2.17. The smallest absolute Gasteiger partial charge is 0.124 e. The minimum Gasteiger partial charge on any atom is -0.493 e. The van der Waals surface area contributed by atoms with Crippen LogP contribution in [-0.4, -0.2) is 6.61 Å². The molecular weight excluding hydrogens is 210 g/mol. The number of aryl methyl sites for hydroxylation is 1. The molecule has 1 aromatic carbocycles. The summed E-state index contributed by atoms with van der Waals surface area (Å²) in [6, 6.07) is 6.25. The Morgan fingerprint density at radius 1 is 1.29 bits per heavy atom. The topological polar surface area (TPSA) is 35.2 Å². The molecule has 0 saturated heterocycles. The number of rotatable bonds is 6. The van der Waals surface area contributed by atoms with E-state index in [4.69, 9.17) is 10.5 Å². The molecule has 96 valence electrons. The Kier molecular flexibility index (Phi) is 5.49. The third-order valence-corrected chi connectivity index (χ3v) is 2.96. The highest BCUT2D eigenvalue weighted by atomic mass is 16.5. The third-order valence-electron chi connectivity index (χ3n) is 2.96. The highest BCUT2D eigenvalue weighted by Crippen LogP contribution is 2.25. The lowest BCUT2D eigenvalue weighted by molar-refractivity contribution is 0.248. The molecule has 1 rings (SSSR count). The lowest BCUT2D eigenvalue weighted by atomic mass is 10.0. The molecule has 17 heavy (non-hydrogen) atoms. The Hall–Kier alpha value is -1.02. The zero-order valence-electron chi connectivity index (χ0n) is 11.5. The van der Waals surface area contributed by atoms with Gasteiger partial charge in [-0.05, 0) is 37.8 Å². The zero-order chi connectivity index (χ0) is 12.8. The van der Waals surface area contributed by atoms with Crippen LogP contribution in [0.5, 0.6) is 5.75 Å². The summed E-state index contributed by atoms with van der Waals surface area (Å²) in [4.78, 5) is 0. The van der Waals surface area contributed by atoms with Crippen LogP contribution in [0.15, 0.2) is 18.2 Å². The van der Waals surface area contributed by atoms with Crippen LogP contribution in [0.3, 0.4) is 0 Å². The Bertz CT molecular complexity index is 347. The van der Waals surface area contributed by atoms with Crippen LogP contribution < -0.4 is 10.5 Å². The number of benzene rings is 1. The van der Waals surface area contributed by atoms with Crippen molar-refractivity contribution < 1.29 is 4.74 Å². The summed E-state index contributed by atoms with van der Waals surface area (Å²) in [5.74, 6) is 1.55. The first kappa shape index (κ1) is 14.0. The monoisotopic (exact) mass is 235 g/mol. The molecular formula is C15H25NO. The van der Waals surface area contributed by atoms with Gasteiger partial charge in [-0.2, -0.15) is 0 Å². The van der Waals surface area contributed by atoms with E-state index in [0.29, 0.717) is 5.92 Å². The van der Waals surface area contributed by atoms with Crippen molar-refractivity contribution in [2.24, 2.45) is 11.7 Å². The minimum atomic E-state index is 0.0204. The molecule has 0 aliphatic rings. The average molecular weight is 235 g/mol. The van der Waals surface area contributed by atoms with Crippen LogP contribution in [0, 0.1) is 12.8 Å². The molecule has 2 heteroatoms. The van der Waals surface area contributed by atoms with E-state index in [1.165, 1.54) is 18.4 Å². The molecule has 0 aromatic heterocycles. The van der Waals surface area contributed by atoms with Crippen LogP contribution in [0.4, 0.5) is 0 Å². The molecule has 2 nitrogen and oxygen atoms in total. The summed E-state index contributed by atoms with van der Waals surface area (Å²) in [7, 11) is 0. The predicted octanol–water partition coefficient (Wildman–Crippen LogP) is 3.83. The van der Waals surface area contributed by atoms with Gasteiger partial charge < -0.3 is 10.5 Å². The van der Waals surface area contributed by atoms with Crippen molar-refractivity contribution >= 4 is 0 Å². The van der Waals surface area contributed by atoms with Gasteiger partial charge in [0, 0.05) is 11.6 Å². The van der Waals surface area contributed by atoms with Crippen LogP contribution >= 0.6 is 0 Å². The second-order valence-corrected chi connectivity index (χ2v) is 5.03. The Morgan fingerprint density at radius 3 is 2.59 bits per heavy atom. The summed E-state index contributed by atoms with van der Waals surface area (Å²) in [6.45, 7) is 9.28. The van der Waals surface area contributed by atoms with Crippen molar-refractivity contribution in [2.75, 3.05) is 6.61 Å². The van der Waals surface area contributed by atoms with E-state index in [1.807, 2.05) is 6.92 Å². The van der Waals surface area contributed by atoms with Gasteiger partial charge in [0.15, 0.2) is 0 Å². The van der Waals surface area contributed by atoms with Gasteiger partial charge in [-0.15, -0.1) is 0 Å². The number of ether oxygens (including phenoxy) is 1. The SMILES string of the molecule is CCCC(C)COc1cc(C)ccc1C(C)N. The van der Waals surface area contributed by atoms with Crippen molar-refractivity contribution in [1.82, 2.24) is 0 Å². The number of hydrogen-bond acceptors (Lipinski definition) is 2. The van der Waals surface area contributed by atoms with E-state index in [2.05, 4.69) is 39.0 Å². The molecule has 2 atom stereocenters. The fraction of sp³-hybridized carbons (Fsp3) is 0.600. The van der Waals surface area contributed by atoms with Crippen molar-refractivity contribution in [2.45, 2.75) is 46.6 Å². The summed E-state index contributed by atoms with van der Waals surface area (Å²) in [6.07, 6.45) is 2.41. The Labute approximate surface area is 105 Å². The van der Waals surface area contributed by atoms with Gasteiger partial charge in [0.05, 0.1) is 6.61 Å². The van der Waals surface area contributed by atoms with E-state index < -0.39 is 0 Å². The standard InChI is InChI=1S/C15H25NO/c1-5-6-12(3)10-17-15-9-11(2)7-8-14(15)13(4)16/h7-9,12-13H,5-6,10,16H2,1-4H3. The van der Waals surface area contributed by atoms with Crippen LogP contribution in [0.25, 0.3) is 0 Å². The Morgan fingerprint density at radius 2 is 2.00 bits per heavy atom. The molecule has 0 aliphatic heterocycles. The maximum absolute atomic E-state index is 5.95. The van der Waals surface area contributed by atoms with Crippen LogP contribution in [0.2, 0.25) is 0 Å². The van der Waals surface area contributed by atoms with Gasteiger partial charge in [-0.1, -0.05) is 32.4 Å². The second-order valence-electron chi connectivity index (χ2n) is 5.03. The van der Waals surface area contributed by atoms with E-state index in [9.17, 15) is 0 Å². The van der Waals surface area contributed by atoms with Gasteiger partial charge in [0.2, 0.25) is 0 Å². The van der Waals surface area contributed by atoms with E-state index >= 15 is 0 Å². The lowest BCUT2D eigenvalue weighted by Crippen LogP contribution is -2.12. The maximum atomic E-state index is 5.95. The molecule has 2 unspecified atom stereocenters. The normalized spacial score (nSPS) is 14.4. The third kappa shape index (κ3) is 4.39. The highest BCUT2D eigenvalue weighted by molar-refractivity contribution is 5.38. The highest BCUT2D eigenvalue weighted by Gasteiger charge is 2.09. The van der Waals surface area contributed by atoms with Gasteiger partial charge in [-0.25, -0.2) is 0 Å². The first-order chi connectivity index (χ1) is 8.04. The molecule has 0 bridgehead atoms. The minimum absolute atomic E-state index is 0.0204. The molecule has 2 N–H and O–H groups in total. The zero-order valence-corrected chi connectivity index (χ0v) is 11.5. The Balaban J connectivity index is 2.71. The summed E-state index contributed by atoms with van der Waals surface area (Å²) >= 11 is 0. The summed E-state index contributed by atoms with van der Waals surface area (Å²) < 4.78 is 5.91. The molecule has 1 aromatic rings. The molecule has 0 aliphatic carbocycles. The summed E-state index contributed by atoms with van der Waals surface area (Å²) in [5, 5.41) is 0. The molecule has 0 spiro atoms. The van der Waals surface area contributed by atoms with Gasteiger partial charge in [-0.3, -0.25) is 0 Å². The van der Waals surface area contributed by atoms with Gasteiger partial charge in [0.1, 0.15) is 5.75 Å². The molecule has 0 amide bonds. The van der Waals surface area contributed by atoms with E-state index in [-0.39, 0.29) is 6.04 Å².